The van der Waals surface area contributed by atoms with Crippen LogP contribution in [0.4, 0.5) is 0 Å². The van der Waals surface area contributed by atoms with Crippen LogP contribution in [0.3, 0.4) is 0 Å². The number of aromatic nitrogens is 6. The topological polar surface area (TPSA) is 72.3 Å². The molecule has 0 radical (unpaired) electrons. The van der Waals surface area contributed by atoms with Crippen molar-refractivity contribution in [2.45, 2.75) is 27.2 Å². The van der Waals surface area contributed by atoms with E-state index in [0.29, 0.717) is 5.82 Å². The highest BCUT2D eigenvalue weighted by Gasteiger charge is 2.12. The minimum absolute atomic E-state index is 0.708. The maximum atomic E-state index is 4.87. The Bertz CT molecular complexity index is 1070. The van der Waals surface area contributed by atoms with Gasteiger partial charge in [0.25, 0.3) is 0 Å². The molecule has 0 saturated carbocycles. The Hall–Kier alpha value is -3.02. The molecule has 0 saturated heterocycles. The molecular weight excluding hydrogens is 312 g/mol. The standard InChI is InChI=1S/C19H20N6/c1-5-18-22-19(24-23-18)13-6-7-14-11(2)8-16(21-15(14)9-13)17-10-20-12(3)25(17)4/h6-10H,5H2,1-4H3,(H,22,23,24). The van der Waals surface area contributed by atoms with E-state index >= 15 is 0 Å². The van der Waals surface area contributed by atoms with Gasteiger partial charge in [0.1, 0.15) is 11.6 Å². The molecule has 1 N–H and O–H groups in total. The number of hydrogen-bond donors (Lipinski definition) is 1. The highest BCUT2D eigenvalue weighted by molar-refractivity contribution is 5.87. The minimum atomic E-state index is 0.708. The molecule has 0 aliphatic heterocycles. The summed E-state index contributed by atoms with van der Waals surface area (Å²) in [6.07, 6.45) is 2.71. The van der Waals surface area contributed by atoms with Crippen molar-refractivity contribution < 1.29 is 0 Å². The number of fused-ring (bicyclic) bond motifs is 1. The Balaban J connectivity index is 1.87. The van der Waals surface area contributed by atoms with E-state index in [4.69, 9.17) is 4.98 Å². The van der Waals surface area contributed by atoms with Gasteiger partial charge in [-0.3, -0.25) is 5.10 Å². The van der Waals surface area contributed by atoms with Gasteiger partial charge < -0.3 is 4.57 Å². The number of nitrogens with one attached hydrogen (secondary N) is 1. The zero-order chi connectivity index (χ0) is 17.6. The van der Waals surface area contributed by atoms with E-state index < -0.39 is 0 Å². The number of pyridine rings is 1. The van der Waals surface area contributed by atoms with Crippen molar-refractivity contribution >= 4 is 10.9 Å². The van der Waals surface area contributed by atoms with Gasteiger partial charge in [0.15, 0.2) is 5.82 Å². The number of hydrogen-bond acceptors (Lipinski definition) is 4. The first-order valence-corrected chi connectivity index (χ1v) is 8.38. The van der Waals surface area contributed by atoms with Gasteiger partial charge in [-0.05, 0) is 31.5 Å². The van der Waals surface area contributed by atoms with E-state index in [2.05, 4.69) is 56.8 Å². The van der Waals surface area contributed by atoms with Gasteiger partial charge in [-0.15, -0.1) is 0 Å². The second kappa shape index (κ2) is 5.81. The summed E-state index contributed by atoms with van der Waals surface area (Å²) in [6.45, 7) is 6.15. The highest BCUT2D eigenvalue weighted by atomic mass is 15.2. The Kier molecular flexibility index (Phi) is 3.60. The largest absolute Gasteiger partial charge is 0.330 e. The molecule has 3 heterocycles. The SMILES string of the molecule is CCc1nc(-c2ccc3c(C)cc(-c4cnc(C)n4C)nc3c2)n[nH]1. The van der Waals surface area contributed by atoms with Crippen molar-refractivity contribution in [1.82, 2.24) is 29.7 Å². The van der Waals surface area contributed by atoms with Crippen LogP contribution < -0.4 is 0 Å². The van der Waals surface area contributed by atoms with Gasteiger partial charge in [-0.2, -0.15) is 5.10 Å². The first-order valence-electron chi connectivity index (χ1n) is 8.38. The van der Waals surface area contributed by atoms with Crippen LogP contribution in [0, 0.1) is 13.8 Å². The summed E-state index contributed by atoms with van der Waals surface area (Å²) < 4.78 is 2.06. The van der Waals surface area contributed by atoms with Gasteiger partial charge >= 0.3 is 0 Å². The molecule has 0 amide bonds. The number of H-pyrrole nitrogens is 1. The summed E-state index contributed by atoms with van der Waals surface area (Å²) in [5.74, 6) is 2.56. The molecule has 0 unspecified atom stereocenters. The summed E-state index contributed by atoms with van der Waals surface area (Å²) in [5.41, 5.74) is 5.03. The Morgan fingerprint density at radius 3 is 2.64 bits per heavy atom. The molecular formula is C19H20N6. The number of benzene rings is 1. The predicted octanol–water partition coefficient (Wildman–Crippen LogP) is 3.60. The fraction of sp³-hybridized carbons (Fsp3) is 0.263. The van der Waals surface area contributed by atoms with E-state index in [1.165, 1.54) is 5.56 Å². The zero-order valence-corrected chi connectivity index (χ0v) is 14.8. The summed E-state index contributed by atoms with van der Waals surface area (Å²) in [5, 5.41) is 8.41. The van der Waals surface area contributed by atoms with Crippen molar-refractivity contribution in [2.24, 2.45) is 7.05 Å². The van der Waals surface area contributed by atoms with E-state index in [-0.39, 0.29) is 0 Å². The van der Waals surface area contributed by atoms with Gasteiger partial charge in [0, 0.05) is 24.4 Å². The third-order valence-electron chi connectivity index (χ3n) is 4.62. The van der Waals surface area contributed by atoms with E-state index in [9.17, 15) is 0 Å². The van der Waals surface area contributed by atoms with Crippen molar-refractivity contribution in [3.8, 4) is 22.8 Å². The van der Waals surface area contributed by atoms with Crippen LogP contribution in [0.5, 0.6) is 0 Å². The Morgan fingerprint density at radius 1 is 1.12 bits per heavy atom. The third-order valence-corrected chi connectivity index (χ3v) is 4.62. The van der Waals surface area contributed by atoms with Crippen molar-refractivity contribution in [3.05, 3.63) is 47.7 Å². The molecule has 0 bridgehead atoms. The van der Waals surface area contributed by atoms with Crippen LogP contribution in [0.15, 0.2) is 30.5 Å². The molecule has 4 aromatic rings. The van der Waals surface area contributed by atoms with Crippen LogP contribution in [-0.2, 0) is 13.5 Å². The summed E-state index contributed by atoms with van der Waals surface area (Å²) in [6, 6.07) is 8.30. The lowest BCUT2D eigenvalue weighted by Crippen LogP contribution is -1.97. The first-order chi connectivity index (χ1) is 12.1. The molecule has 6 heteroatoms. The molecule has 1 aromatic carbocycles. The smallest absolute Gasteiger partial charge is 0.181 e. The quantitative estimate of drug-likeness (QED) is 0.622. The number of aryl methyl sites for hydroxylation is 3. The van der Waals surface area contributed by atoms with E-state index in [0.717, 1.165) is 45.9 Å². The van der Waals surface area contributed by atoms with Crippen molar-refractivity contribution in [1.29, 1.82) is 0 Å². The fourth-order valence-electron chi connectivity index (χ4n) is 3.00. The first kappa shape index (κ1) is 15.5. The van der Waals surface area contributed by atoms with Gasteiger partial charge in [0.05, 0.1) is 23.1 Å². The number of imidazole rings is 1. The van der Waals surface area contributed by atoms with Crippen molar-refractivity contribution in [3.63, 3.8) is 0 Å². The summed E-state index contributed by atoms with van der Waals surface area (Å²) in [4.78, 5) is 13.8. The maximum Gasteiger partial charge on any atom is 0.181 e. The fourth-order valence-corrected chi connectivity index (χ4v) is 3.00. The van der Waals surface area contributed by atoms with Crippen LogP contribution in [-0.4, -0.2) is 29.7 Å². The monoisotopic (exact) mass is 332 g/mol. The normalized spacial score (nSPS) is 11.4. The molecule has 4 rings (SSSR count). The molecule has 0 aliphatic rings. The van der Waals surface area contributed by atoms with Gasteiger partial charge in [0.2, 0.25) is 0 Å². The second-order valence-corrected chi connectivity index (χ2v) is 6.27. The number of rotatable bonds is 3. The molecule has 126 valence electrons. The summed E-state index contributed by atoms with van der Waals surface area (Å²) in [7, 11) is 2.01. The minimum Gasteiger partial charge on any atom is -0.330 e. The van der Waals surface area contributed by atoms with Crippen LogP contribution in [0.1, 0.15) is 24.1 Å². The third kappa shape index (κ3) is 2.59. The van der Waals surface area contributed by atoms with Gasteiger partial charge in [-0.1, -0.05) is 19.1 Å². The van der Waals surface area contributed by atoms with Gasteiger partial charge in [-0.25, -0.2) is 15.0 Å². The number of nitrogens with zero attached hydrogens (tertiary/aromatic N) is 5. The molecule has 0 aliphatic carbocycles. The van der Waals surface area contributed by atoms with Crippen LogP contribution in [0.2, 0.25) is 0 Å². The lowest BCUT2D eigenvalue weighted by Gasteiger charge is -2.08. The van der Waals surface area contributed by atoms with E-state index in [1.807, 2.05) is 26.2 Å². The average Bonchev–Trinajstić information content (AvgIpc) is 3.22. The Morgan fingerprint density at radius 2 is 1.96 bits per heavy atom. The van der Waals surface area contributed by atoms with Crippen LogP contribution >= 0.6 is 0 Å². The predicted molar refractivity (Wildman–Crippen MR) is 98.2 cm³/mol. The molecule has 3 aromatic heterocycles. The molecule has 25 heavy (non-hydrogen) atoms. The molecule has 0 atom stereocenters. The van der Waals surface area contributed by atoms with Crippen molar-refractivity contribution in [2.75, 3.05) is 0 Å². The number of aromatic amines is 1. The molecule has 0 fully saturated rings. The highest BCUT2D eigenvalue weighted by Crippen LogP contribution is 2.27. The van der Waals surface area contributed by atoms with Crippen LogP contribution in [0.25, 0.3) is 33.7 Å². The molecule has 0 spiro atoms. The van der Waals surface area contributed by atoms with E-state index in [1.54, 1.807) is 0 Å². The second-order valence-electron chi connectivity index (χ2n) is 6.27. The zero-order valence-electron chi connectivity index (χ0n) is 14.8. The lowest BCUT2D eigenvalue weighted by molar-refractivity contribution is 0.862. The summed E-state index contributed by atoms with van der Waals surface area (Å²) >= 11 is 0. The maximum absolute atomic E-state index is 4.87. The lowest BCUT2D eigenvalue weighted by atomic mass is 10.1. The molecule has 6 nitrogen and oxygen atoms in total. The Labute approximate surface area is 146 Å². The average molecular weight is 332 g/mol.